The molecule has 0 atom stereocenters. The summed E-state index contributed by atoms with van der Waals surface area (Å²) in [7, 11) is 0. The zero-order chi connectivity index (χ0) is 14.8. The highest BCUT2D eigenvalue weighted by Gasteiger charge is 2.21. The minimum absolute atomic E-state index is 0.141. The molecule has 4 N–H and O–H groups in total. The minimum Gasteiger partial charge on any atom is -0.399 e. The van der Waals surface area contributed by atoms with Crippen molar-refractivity contribution in [3.05, 3.63) is 42.2 Å². The largest absolute Gasteiger partial charge is 0.399 e. The maximum absolute atomic E-state index is 12.0. The van der Waals surface area contributed by atoms with E-state index >= 15 is 0 Å². The third-order valence-corrected chi connectivity index (χ3v) is 2.83. The zero-order valence-electron chi connectivity index (χ0n) is 11.5. The highest BCUT2D eigenvalue weighted by Crippen LogP contribution is 2.11. The number of amides is 1. The van der Waals surface area contributed by atoms with E-state index in [9.17, 15) is 4.79 Å². The summed E-state index contributed by atoms with van der Waals surface area (Å²) in [5, 5.41) is 16.1. The van der Waals surface area contributed by atoms with Gasteiger partial charge < -0.3 is 16.2 Å². The number of benzene rings is 1. The number of aliphatic hydroxyl groups excluding tert-OH is 1. The molecule has 0 bridgehead atoms. The lowest BCUT2D eigenvalue weighted by Crippen LogP contribution is -2.46. The van der Waals surface area contributed by atoms with Crippen molar-refractivity contribution in [3.63, 3.8) is 0 Å². The fourth-order valence-electron chi connectivity index (χ4n) is 1.63. The van der Waals surface area contributed by atoms with Crippen LogP contribution in [0.2, 0.25) is 0 Å². The van der Waals surface area contributed by atoms with Crippen molar-refractivity contribution in [2.24, 2.45) is 0 Å². The molecular weight excluding hydrogens is 256 g/mol. The van der Waals surface area contributed by atoms with Gasteiger partial charge in [0.25, 0.3) is 5.91 Å². The van der Waals surface area contributed by atoms with Crippen molar-refractivity contribution in [3.8, 4) is 5.69 Å². The molecule has 1 aromatic carbocycles. The second kappa shape index (κ2) is 5.34. The van der Waals surface area contributed by atoms with Crippen molar-refractivity contribution in [1.29, 1.82) is 0 Å². The molecule has 1 amide bonds. The molecule has 1 aromatic heterocycles. The van der Waals surface area contributed by atoms with Gasteiger partial charge in [-0.3, -0.25) is 4.79 Å². The molecule has 0 fully saturated rings. The molecule has 1 heterocycles. The van der Waals surface area contributed by atoms with Crippen LogP contribution in [-0.2, 0) is 0 Å². The first kappa shape index (κ1) is 14.1. The molecule has 6 nitrogen and oxygen atoms in total. The van der Waals surface area contributed by atoms with Gasteiger partial charge in [-0.2, -0.15) is 5.10 Å². The second-order valence-corrected chi connectivity index (χ2v) is 5.23. The third kappa shape index (κ3) is 3.16. The summed E-state index contributed by atoms with van der Waals surface area (Å²) < 4.78 is 1.60. The Kier molecular flexibility index (Phi) is 3.76. The Bertz CT molecular complexity index is 602. The van der Waals surface area contributed by atoms with Crippen LogP contribution in [-0.4, -0.2) is 32.9 Å². The number of aliphatic hydroxyl groups is 1. The van der Waals surface area contributed by atoms with Crippen molar-refractivity contribution >= 4 is 11.6 Å². The summed E-state index contributed by atoms with van der Waals surface area (Å²) in [6.07, 6.45) is 1.70. The van der Waals surface area contributed by atoms with Gasteiger partial charge >= 0.3 is 0 Å². The Morgan fingerprint density at radius 2 is 2.00 bits per heavy atom. The van der Waals surface area contributed by atoms with E-state index in [1.54, 1.807) is 42.9 Å². The summed E-state index contributed by atoms with van der Waals surface area (Å²) in [6, 6.07) is 8.81. The number of nitrogens with two attached hydrogens (primary N) is 1. The van der Waals surface area contributed by atoms with E-state index in [1.165, 1.54) is 0 Å². The first-order valence-electron chi connectivity index (χ1n) is 6.26. The summed E-state index contributed by atoms with van der Waals surface area (Å²) in [6.45, 7) is 3.33. The Hall–Kier alpha value is -2.34. The maximum Gasteiger partial charge on any atom is 0.272 e. The number of hydrogen-bond donors (Lipinski definition) is 3. The van der Waals surface area contributed by atoms with Gasteiger partial charge in [0.05, 0.1) is 17.8 Å². The molecular formula is C14H18N4O2. The molecule has 0 aliphatic rings. The van der Waals surface area contributed by atoms with Crippen LogP contribution >= 0.6 is 0 Å². The molecule has 2 aromatic rings. The molecule has 20 heavy (non-hydrogen) atoms. The fraction of sp³-hybridized carbons (Fsp3) is 0.286. The van der Waals surface area contributed by atoms with Gasteiger partial charge in [-0.25, -0.2) is 4.68 Å². The lowest BCUT2D eigenvalue weighted by molar-refractivity contribution is 0.0864. The second-order valence-electron chi connectivity index (χ2n) is 5.23. The smallest absolute Gasteiger partial charge is 0.272 e. The standard InChI is InChI=1S/C14H18N4O2/c1-14(2,9-19)16-13(20)12-7-8-18(17-12)11-5-3-10(15)4-6-11/h3-8,19H,9,15H2,1-2H3,(H,16,20). The highest BCUT2D eigenvalue weighted by molar-refractivity contribution is 5.92. The van der Waals surface area contributed by atoms with Crippen LogP contribution in [0.3, 0.4) is 0 Å². The molecule has 0 radical (unpaired) electrons. The monoisotopic (exact) mass is 274 g/mol. The van der Waals surface area contributed by atoms with Gasteiger partial charge in [-0.05, 0) is 44.2 Å². The van der Waals surface area contributed by atoms with E-state index in [0.717, 1.165) is 5.69 Å². The number of rotatable bonds is 4. The van der Waals surface area contributed by atoms with Crippen LogP contribution in [0.1, 0.15) is 24.3 Å². The van der Waals surface area contributed by atoms with Crippen LogP contribution in [0.15, 0.2) is 36.5 Å². The summed E-state index contributed by atoms with van der Waals surface area (Å²) in [5.74, 6) is -0.321. The Morgan fingerprint density at radius 1 is 1.35 bits per heavy atom. The van der Waals surface area contributed by atoms with Crippen molar-refractivity contribution in [2.75, 3.05) is 12.3 Å². The number of carbonyl (C=O) groups is 1. The number of anilines is 1. The van der Waals surface area contributed by atoms with Gasteiger partial charge in [0.15, 0.2) is 5.69 Å². The fourth-order valence-corrected chi connectivity index (χ4v) is 1.63. The third-order valence-electron chi connectivity index (χ3n) is 2.83. The van der Waals surface area contributed by atoms with Gasteiger partial charge in [-0.15, -0.1) is 0 Å². The average molecular weight is 274 g/mol. The average Bonchev–Trinajstić information content (AvgIpc) is 2.89. The number of nitrogens with zero attached hydrogens (tertiary/aromatic N) is 2. The number of nitrogen functional groups attached to an aromatic ring is 1. The molecule has 2 rings (SSSR count). The molecule has 0 spiro atoms. The number of carbonyl (C=O) groups excluding carboxylic acids is 1. The lowest BCUT2D eigenvalue weighted by Gasteiger charge is -2.22. The number of hydrogen-bond acceptors (Lipinski definition) is 4. The van der Waals surface area contributed by atoms with Gasteiger partial charge in [0.2, 0.25) is 0 Å². The Morgan fingerprint density at radius 3 is 2.60 bits per heavy atom. The first-order chi connectivity index (χ1) is 9.41. The van der Waals surface area contributed by atoms with Crippen LogP contribution in [0.4, 0.5) is 5.69 Å². The summed E-state index contributed by atoms with van der Waals surface area (Å²) in [4.78, 5) is 12.0. The quantitative estimate of drug-likeness (QED) is 0.724. The van der Waals surface area contributed by atoms with Gasteiger partial charge in [0, 0.05) is 11.9 Å². The van der Waals surface area contributed by atoms with Crippen LogP contribution < -0.4 is 11.1 Å². The van der Waals surface area contributed by atoms with Crippen LogP contribution in [0.25, 0.3) is 5.69 Å². The number of nitrogens with one attached hydrogen (secondary N) is 1. The van der Waals surface area contributed by atoms with E-state index in [4.69, 9.17) is 10.8 Å². The van der Waals surface area contributed by atoms with E-state index in [-0.39, 0.29) is 12.5 Å². The highest BCUT2D eigenvalue weighted by atomic mass is 16.3. The zero-order valence-corrected chi connectivity index (χ0v) is 11.5. The Labute approximate surface area is 117 Å². The normalized spacial score (nSPS) is 11.3. The Balaban J connectivity index is 2.17. The van der Waals surface area contributed by atoms with E-state index in [1.807, 2.05) is 12.1 Å². The first-order valence-corrected chi connectivity index (χ1v) is 6.26. The van der Waals surface area contributed by atoms with Gasteiger partial charge in [-0.1, -0.05) is 0 Å². The maximum atomic E-state index is 12.0. The SMILES string of the molecule is CC(C)(CO)NC(=O)c1ccn(-c2ccc(N)cc2)n1. The van der Waals surface area contributed by atoms with E-state index in [0.29, 0.717) is 11.4 Å². The predicted molar refractivity (Wildman–Crippen MR) is 76.6 cm³/mol. The molecule has 0 unspecified atom stereocenters. The summed E-state index contributed by atoms with van der Waals surface area (Å²) in [5.41, 5.74) is 6.73. The molecule has 0 saturated heterocycles. The molecule has 0 saturated carbocycles. The molecule has 0 aliphatic carbocycles. The topological polar surface area (TPSA) is 93.2 Å². The van der Waals surface area contributed by atoms with Crippen molar-refractivity contribution in [2.45, 2.75) is 19.4 Å². The minimum atomic E-state index is -0.679. The van der Waals surface area contributed by atoms with Gasteiger partial charge in [0.1, 0.15) is 0 Å². The van der Waals surface area contributed by atoms with Crippen LogP contribution in [0.5, 0.6) is 0 Å². The lowest BCUT2D eigenvalue weighted by atomic mass is 10.1. The summed E-state index contributed by atoms with van der Waals surface area (Å²) >= 11 is 0. The van der Waals surface area contributed by atoms with Crippen molar-refractivity contribution < 1.29 is 9.90 Å². The van der Waals surface area contributed by atoms with E-state index < -0.39 is 5.54 Å². The number of aromatic nitrogens is 2. The van der Waals surface area contributed by atoms with Crippen molar-refractivity contribution in [1.82, 2.24) is 15.1 Å². The van der Waals surface area contributed by atoms with E-state index in [2.05, 4.69) is 10.4 Å². The predicted octanol–water partition coefficient (Wildman–Crippen LogP) is 0.955. The molecule has 106 valence electrons. The van der Waals surface area contributed by atoms with Crippen LogP contribution in [0, 0.1) is 0 Å². The molecule has 0 aliphatic heterocycles. The molecule has 6 heteroatoms.